The third kappa shape index (κ3) is 3.23. The lowest BCUT2D eigenvalue weighted by molar-refractivity contribution is -0.0498. The van der Waals surface area contributed by atoms with Crippen LogP contribution in [-0.2, 0) is 0 Å². The number of ether oxygens (including phenoxy) is 1. The number of hydrogen-bond acceptors (Lipinski definition) is 3. The van der Waals surface area contributed by atoms with Gasteiger partial charge in [-0.05, 0) is 41.5 Å². The standard InChI is InChI=1S/C23H17F2N3O/c24-22(25)29-17-12-10-16(11-13-17)21-14-19(15-6-2-1-3-7-15)27-23-26-18-8-4-5-9-20(18)28(21)23/h1-14,21-22H,(H,26,27)/t21-/m0/s1. The van der Waals surface area contributed by atoms with E-state index in [0.29, 0.717) is 0 Å². The molecule has 0 bridgehead atoms. The summed E-state index contributed by atoms with van der Waals surface area (Å²) in [6.07, 6.45) is 2.12. The van der Waals surface area contributed by atoms with Crippen LogP contribution < -0.4 is 10.1 Å². The number of allylic oxidation sites excluding steroid dienone is 1. The average molecular weight is 389 g/mol. The van der Waals surface area contributed by atoms with E-state index >= 15 is 0 Å². The number of alkyl halides is 2. The lowest BCUT2D eigenvalue weighted by atomic mass is 10.0. The van der Waals surface area contributed by atoms with Gasteiger partial charge in [0.1, 0.15) is 5.75 Å². The molecule has 1 aromatic heterocycles. The number of aromatic nitrogens is 2. The van der Waals surface area contributed by atoms with Crippen LogP contribution >= 0.6 is 0 Å². The van der Waals surface area contributed by atoms with Gasteiger partial charge in [0.2, 0.25) is 5.95 Å². The zero-order valence-corrected chi connectivity index (χ0v) is 15.3. The van der Waals surface area contributed by atoms with E-state index in [1.165, 1.54) is 0 Å². The summed E-state index contributed by atoms with van der Waals surface area (Å²) in [5.41, 5.74) is 4.84. The number of para-hydroxylation sites is 2. The van der Waals surface area contributed by atoms with Crippen LogP contribution in [0.3, 0.4) is 0 Å². The van der Waals surface area contributed by atoms with E-state index in [1.807, 2.05) is 66.7 Å². The molecule has 1 N–H and O–H groups in total. The van der Waals surface area contributed by atoms with Gasteiger partial charge in [0.15, 0.2) is 0 Å². The van der Waals surface area contributed by atoms with Crippen molar-refractivity contribution in [2.45, 2.75) is 12.7 Å². The Balaban J connectivity index is 1.63. The van der Waals surface area contributed by atoms with Gasteiger partial charge in [-0.25, -0.2) is 4.98 Å². The maximum absolute atomic E-state index is 12.5. The molecule has 0 saturated carbocycles. The zero-order valence-electron chi connectivity index (χ0n) is 15.3. The Morgan fingerprint density at radius 3 is 2.38 bits per heavy atom. The van der Waals surface area contributed by atoms with E-state index in [0.717, 1.165) is 33.8 Å². The molecule has 0 radical (unpaired) electrons. The smallest absolute Gasteiger partial charge is 0.387 e. The van der Waals surface area contributed by atoms with Crippen LogP contribution in [0.4, 0.5) is 14.7 Å². The molecule has 1 atom stereocenters. The molecule has 3 aromatic carbocycles. The van der Waals surface area contributed by atoms with E-state index in [2.05, 4.69) is 20.7 Å². The highest BCUT2D eigenvalue weighted by molar-refractivity contribution is 5.85. The minimum atomic E-state index is -2.84. The first-order chi connectivity index (χ1) is 14.2. The average Bonchev–Trinajstić information content (AvgIpc) is 3.12. The first kappa shape index (κ1) is 17.4. The second-order valence-corrected chi connectivity index (χ2v) is 6.76. The van der Waals surface area contributed by atoms with Crippen LogP contribution in [0.25, 0.3) is 16.7 Å². The van der Waals surface area contributed by atoms with Crippen molar-refractivity contribution in [3.63, 3.8) is 0 Å². The summed E-state index contributed by atoms with van der Waals surface area (Å²) in [5.74, 6) is 0.881. The number of rotatable bonds is 4. The van der Waals surface area contributed by atoms with E-state index in [-0.39, 0.29) is 11.8 Å². The fourth-order valence-electron chi connectivity index (χ4n) is 3.69. The van der Waals surface area contributed by atoms with Crippen molar-refractivity contribution in [3.05, 3.63) is 96.1 Å². The van der Waals surface area contributed by atoms with Gasteiger partial charge in [-0.15, -0.1) is 0 Å². The molecule has 2 heterocycles. The summed E-state index contributed by atoms with van der Waals surface area (Å²) in [5, 5.41) is 3.43. The van der Waals surface area contributed by atoms with Gasteiger partial charge in [0.25, 0.3) is 0 Å². The number of anilines is 1. The monoisotopic (exact) mass is 389 g/mol. The van der Waals surface area contributed by atoms with Gasteiger partial charge >= 0.3 is 6.61 Å². The second-order valence-electron chi connectivity index (χ2n) is 6.76. The Morgan fingerprint density at radius 2 is 1.62 bits per heavy atom. The second kappa shape index (κ2) is 7.05. The molecule has 4 aromatic rings. The van der Waals surface area contributed by atoms with E-state index in [1.54, 1.807) is 12.1 Å². The summed E-state index contributed by atoms with van der Waals surface area (Å²) < 4.78 is 31.6. The molecule has 0 saturated heterocycles. The molecule has 0 amide bonds. The number of imidazole rings is 1. The molecule has 144 valence electrons. The molecular formula is C23H17F2N3O. The molecule has 5 rings (SSSR count). The highest BCUT2D eigenvalue weighted by Crippen LogP contribution is 2.37. The van der Waals surface area contributed by atoms with Crippen LogP contribution in [0, 0.1) is 0 Å². The fourth-order valence-corrected chi connectivity index (χ4v) is 3.69. The Labute approximate surface area is 166 Å². The van der Waals surface area contributed by atoms with Crippen molar-refractivity contribution in [3.8, 4) is 5.75 Å². The summed E-state index contributed by atoms with van der Waals surface area (Å²) in [4.78, 5) is 4.75. The van der Waals surface area contributed by atoms with Crippen LogP contribution in [0.15, 0.2) is 84.9 Å². The molecular weight excluding hydrogens is 372 g/mol. The molecule has 0 aliphatic carbocycles. The van der Waals surface area contributed by atoms with Gasteiger partial charge < -0.3 is 10.1 Å². The number of nitrogens with one attached hydrogen (secondary N) is 1. The normalized spacial score (nSPS) is 15.7. The van der Waals surface area contributed by atoms with Gasteiger partial charge in [0.05, 0.1) is 17.1 Å². The van der Waals surface area contributed by atoms with Crippen LogP contribution in [0.2, 0.25) is 0 Å². The van der Waals surface area contributed by atoms with E-state index in [4.69, 9.17) is 4.98 Å². The first-order valence-electron chi connectivity index (χ1n) is 9.25. The van der Waals surface area contributed by atoms with E-state index < -0.39 is 6.61 Å². The van der Waals surface area contributed by atoms with Crippen molar-refractivity contribution in [1.82, 2.24) is 9.55 Å². The lowest BCUT2D eigenvalue weighted by Gasteiger charge is -2.26. The zero-order chi connectivity index (χ0) is 19.8. The SMILES string of the molecule is FC(F)Oc1ccc([C@@H]2C=C(c3ccccc3)Nc3nc4ccccc4n32)cc1. The third-order valence-electron chi connectivity index (χ3n) is 4.98. The molecule has 29 heavy (non-hydrogen) atoms. The van der Waals surface area contributed by atoms with Crippen molar-refractivity contribution in [1.29, 1.82) is 0 Å². The molecule has 0 unspecified atom stereocenters. The van der Waals surface area contributed by atoms with Crippen LogP contribution in [0.5, 0.6) is 5.75 Å². The number of halogens is 2. The Morgan fingerprint density at radius 1 is 0.897 bits per heavy atom. The van der Waals surface area contributed by atoms with Crippen molar-refractivity contribution in [2.75, 3.05) is 5.32 Å². The van der Waals surface area contributed by atoms with E-state index in [9.17, 15) is 8.78 Å². The summed E-state index contributed by atoms with van der Waals surface area (Å²) in [7, 11) is 0. The van der Waals surface area contributed by atoms with Crippen molar-refractivity contribution >= 4 is 22.7 Å². The first-order valence-corrected chi connectivity index (χ1v) is 9.25. The largest absolute Gasteiger partial charge is 0.435 e. The quantitative estimate of drug-likeness (QED) is 0.487. The van der Waals surface area contributed by atoms with Gasteiger partial charge in [-0.1, -0.05) is 54.6 Å². The van der Waals surface area contributed by atoms with Crippen molar-refractivity contribution in [2.24, 2.45) is 0 Å². The van der Waals surface area contributed by atoms with Gasteiger partial charge in [0, 0.05) is 5.70 Å². The Kier molecular flexibility index (Phi) is 4.24. The van der Waals surface area contributed by atoms with Crippen molar-refractivity contribution < 1.29 is 13.5 Å². The minimum absolute atomic E-state index is 0.139. The minimum Gasteiger partial charge on any atom is -0.435 e. The molecule has 1 aliphatic heterocycles. The molecule has 0 fully saturated rings. The highest BCUT2D eigenvalue weighted by Gasteiger charge is 2.25. The molecule has 0 spiro atoms. The topological polar surface area (TPSA) is 39.1 Å². The highest BCUT2D eigenvalue weighted by atomic mass is 19.3. The summed E-state index contributed by atoms with van der Waals surface area (Å²) in [6.45, 7) is -2.84. The predicted octanol–water partition coefficient (Wildman–Crippen LogP) is 5.69. The maximum Gasteiger partial charge on any atom is 0.387 e. The van der Waals surface area contributed by atoms with Crippen LogP contribution in [0.1, 0.15) is 17.2 Å². The Bertz CT molecular complexity index is 1180. The number of fused-ring (bicyclic) bond motifs is 3. The van der Waals surface area contributed by atoms with Crippen LogP contribution in [-0.4, -0.2) is 16.2 Å². The number of hydrogen-bond donors (Lipinski definition) is 1. The molecule has 1 aliphatic rings. The maximum atomic E-state index is 12.5. The number of benzene rings is 3. The van der Waals surface area contributed by atoms with Gasteiger partial charge in [-0.3, -0.25) is 4.57 Å². The van der Waals surface area contributed by atoms with Gasteiger partial charge in [-0.2, -0.15) is 8.78 Å². The molecule has 6 heteroatoms. The summed E-state index contributed by atoms with van der Waals surface area (Å²) >= 11 is 0. The number of nitrogens with zero attached hydrogens (tertiary/aromatic N) is 2. The molecule has 4 nitrogen and oxygen atoms in total. The Hall–Kier alpha value is -3.67. The predicted molar refractivity (Wildman–Crippen MR) is 109 cm³/mol. The lowest BCUT2D eigenvalue weighted by Crippen LogP contribution is -2.19. The third-order valence-corrected chi connectivity index (χ3v) is 4.98. The summed E-state index contributed by atoms with van der Waals surface area (Å²) in [6, 6.07) is 24.6. The fraction of sp³-hybridized carbons (Fsp3) is 0.0870.